The summed E-state index contributed by atoms with van der Waals surface area (Å²) < 4.78 is 0. The third-order valence-electron chi connectivity index (χ3n) is 4.17. The van der Waals surface area contributed by atoms with E-state index < -0.39 is 0 Å². The number of benzene rings is 2. The molecule has 2 heteroatoms. The van der Waals surface area contributed by atoms with Crippen molar-refractivity contribution in [3.8, 4) is 0 Å². The summed E-state index contributed by atoms with van der Waals surface area (Å²) in [5, 5.41) is 4.52. The highest BCUT2D eigenvalue weighted by molar-refractivity contribution is 7.99. The predicted molar refractivity (Wildman–Crippen MR) is 92.4 cm³/mol. The predicted octanol–water partition coefficient (Wildman–Crippen LogP) is 4.63. The molecule has 3 rings (SSSR count). The van der Waals surface area contributed by atoms with E-state index in [-0.39, 0.29) is 0 Å². The van der Waals surface area contributed by atoms with Crippen LogP contribution in [-0.4, -0.2) is 11.3 Å². The van der Waals surface area contributed by atoms with Crippen molar-refractivity contribution in [2.45, 2.75) is 42.9 Å². The lowest BCUT2D eigenvalue weighted by Gasteiger charge is -2.21. The molecule has 110 valence electrons. The summed E-state index contributed by atoms with van der Waals surface area (Å²) in [5.74, 6) is 1.13. The first-order chi connectivity index (χ1) is 10.4. The average molecular weight is 297 g/mol. The van der Waals surface area contributed by atoms with E-state index in [1.807, 2.05) is 0 Å². The van der Waals surface area contributed by atoms with Gasteiger partial charge in [0, 0.05) is 23.6 Å². The molecule has 1 fully saturated rings. The van der Waals surface area contributed by atoms with E-state index in [0.29, 0.717) is 6.04 Å². The molecule has 0 spiro atoms. The first-order valence-corrected chi connectivity index (χ1v) is 8.89. The van der Waals surface area contributed by atoms with E-state index in [0.717, 1.165) is 17.5 Å². The molecule has 2 aromatic carbocycles. The maximum absolute atomic E-state index is 3.76. The van der Waals surface area contributed by atoms with Crippen LogP contribution in [0.4, 0.5) is 0 Å². The fourth-order valence-corrected chi connectivity index (χ4v) is 4.38. The Bertz CT molecular complexity index is 476. The topological polar surface area (TPSA) is 12.0 Å². The highest BCUT2D eigenvalue weighted by Gasteiger charge is 2.26. The lowest BCUT2D eigenvalue weighted by Crippen LogP contribution is -2.33. The molecule has 0 aliphatic heterocycles. The maximum Gasteiger partial charge on any atom is 0.0208 e. The van der Waals surface area contributed by atoms with Crippen molar-refractivity contribution in [2.75, 3.05) is 0 Å². The van der Waals surface area contributed by atoms with Crippen LogP contribution in [0.25, 0.3) is 0 Å². The Hall–Kier alpha value is -1.25. The van der Waals surface area contributed by atoms with Gasteiger partial charge in [0.25, 0.3) is 0 Å². The van der Waals surface area contributed by atoms with Crippen molar-refractivity contribution in [3.63, 3.8) is 0 Å². The Kier molecular flexibility index (Phi) is 5.36. The van der Waals surface area contributed by atoms with Gasteiger partial charge in [-0.25, -0.2) is 0 Å². The Morgan fingerprint density at radius 2 is 1.52 bits per heavy atom. The third kappa shape index (κ3) is 4.36. The van der Waals surface area contributed by atoms with E-state index in [1.165, 1.54) is 30.4 Å². The molecule has 0 bridgehead atoms. The van der Waals surface area contributed by atoms with Gasteiger partial charge in [0.1, 0.15) is 0 Å². The highest BCUT2D eigenvalue weighted by Crippen LogP contribution is 2.32. The molecule has 2 atom stereocenters. The first-order valence-electron chi connectivity index (χ1n) is 7.84. The van der Waals surface area contributed by atoms with E-state index in [2.05, 4.69) is 77.7 Å². The number of rotatable bonds is 6. The number of nitrogens with one attached hydrogen (secondary N) is 1. The fraction of sp³-hybridized carbons (Fsp3) is 0.368. The van der Waals surface area contributed by atoms with Crippen LogP contribution < -0.4 is 5.32 Å². The molecule has 1 aliphatic carbocycles. The SMILES string of the molecule is c1ccc(CN[C@@H]2CCC[C@H]2SCc2ccccc2)cc1. The largest absolute Gasteiger partial charge is 0.309 e. The molecule has 0 saturated heterocycles. The second kappa shape index (κ2) is 7.67. The van der Waals surface area contributed by atoms with E-state index in [1.54, 1.807) is 0 Å². The number of hydrogen-bond acceptors (Lipinski definition) is 2. The second-order valence-electron chi connectivity index (χ2n) is 5.74. The summed E-state index contributed by atoms with van der Waals surface area (Å²) in [5.41, 5.74) is 2.83. The third-order valence-corrected chi connectivity index (χ3v) is 5.66. The number of thioether (sulfide) groups is 1. The van der Waals surface area contributed by atoms with Crippen LogP contribution in [0.2, 0.25) is 0 Å². The molecular weight excluding hydrogens is 274 g/mol. The lowest BCUT2D eigenvalue weighted by atomic mass is 10.2. The molecule has 2 aromatic rings. The van der Waals surface area contributed by atoms with Crippen LogP contribution >= 0.6 is 11.8 Å². The molecule has 21 heavy (non-hydrogen) atoms. The van der Waals surface area contributed by atoms with E-state index in [4.69, 9.17) is 0 Å². The van der Waals surface area contributed by atoms with Gasteiger partial charge in [-0.05, 0) is 24.0 Å². The van der Waals surface area contributed by atoms with Crippen molar-refractivity contribution >= 4 is 11.8 Å². The molecule has 0 aromatic heterocycles. The van der Waals surface area contributed by atoms with Crippen LogP contribution in [0.5, 0.6) is 0 Å². The van der Waals surface area contributed by atoms with Gasteiger partial charge in [-0.2, -0.15) is 11.8 Å². The summed E-state index contributed by atoms with van der Waals surface area (Å²) in [7, 11) is 0. The molecule has 1 nitrogen and oxygen atoms in total. The van der Waals surface area contributed by atoms with E-state index in [9.17, 15) is 0 Å². The zero-order valence-electron chi connectivity index (χ0n) is 12.4. The van der Waals surface area contributed by atoms with Crippen LogP contribution in [0, 0.1) is 0 Å². The van der Waals surface area contributed by atoms with Gasteiger partial charge in [0.15, 0.2) is 0 Å². The van der Waals surface area contributed by atoms with Crippen LogP contribution in [0.15, 0.2) is 60.7 Å². The molecule has 0 unspecified atom stereocenters. The van der Waals surface area contributed by atoms with Crippen LogP contribution in [-0.2, 0) is 12.3 Å². The van der Waals surface area contributed by atoms with Crippen LogP contribution in [0.3, 0.4) is 0 Å². The average Bonchev–Trinajstić information content (AvgIpc) is 3.00. The van der Waals surface area contributed by atoms with Gasteiger partial charge >= 0.3 is 0 Å². The minimum Gasteiger partial charge on any atom is -0.309 e. The van der Waals surface area contributed by atoms with Crippen molar-refractivity contribution in [1.82, 2.24) is 5.32 Å². The molecule has 0 amide bonds. The van der Waals surface area contributed by atoms with E-state index >= 15 is 0 Å². The zero-order valence-corrected chi connectivity index (χ0v) is 13.2. The standard InChI is InChI=1S/C19H23NS/c1-3-8-16(9-4-1)14-20-18-12-7-13-19(18)21-15-17-10-5-2-6-11-17/h1-6,8-11,18-20H,7,12-15H2/t18-,19-/m1/s1. The minimum absolute atomic E-state index is 0.666. The van der Waals surface area contributed by atoms with Crippen molar-refractivity contribution < 1.29 is 0 Å². The first kappa shape index (κ1) is 14.7. The summed E-state index contributed by atoms with van der Waals surface area (Å²) in [4.78, 5) is 0. The minimum atomic E-state index is 0.666. The Labute approximate surface area is 132 Å². The van der Waals surface area contributed by atoms with Crippen molar-refractivity contribution in [2.24, 2.45) is 0 Å². The molecule has 0 radical (unpaired) electrons. The highest BCUT2D eigenvalue weighted by atomic mass is 32.2. The summed E-state index contributed by atoms with van der Waals surface area (Å²) in [6.45, 7) is 0.994. The van der Waals surface area contributed by atoms with Gasteiger partial charge in [0.2, 0.25) is 0 Å². The Morgan fingerprint density at radius 1 is 0.857 bits per heavy atom. The molecule has 0 heterocycles. The van der Waals surface area contributed by atoms with Gasteiger partial charge in [0.05, 0.1) is 0 Å². The normalized spacial score (nSPS) is 21.5. The smallest absolute Gasteiger partial charge is 0.0208 e. The molecule has 1 saturated carbocycles. The van der Waals surface area contributed by atoms with Crippen molar-refractivity contribution in [3.05, 3.63) is 71.8 Å². The molecule has 1 aliphatic rings. The Morgan fingerprint density at radius 3 is 2.24 bits per heavy atom. The van der Waals surface area contributed by atoms with Gasteiger partial charge < -0.3 is 5.32 Å². The van der Waals surface area contributed by atoms with Gasteiger partial charge in [-0.1, -0.05) is 67.1 Å². The number of hydrogen-bond donors (Lipinski definition) is 1. The zero-order chi connectivity index (χ0) is 14.3. The van der Waals surface area contributed by atoms with Crippen LogP contribution in [0.1, 0.15) is 30.4 Å². The Balaban J connectivity index is 1.49. The summed E-state index contributed by atoms with van der Waals surface area (Å²) in [6.07, 6.45) is 4.03. The quantitative estimate of drug-likeness (QED) is 0.834. The summed E-state index contributed by atoms with van der Waals surface area (Å²) >= 11 is 2.12. The molecular formula is C19H23NS. The summed E-state index contributed by atoms with van der Waals surface area (Å²) in [6, 6.07) is 22.2. The monoisotopic (exact) mass is 297 g/mol. The lowest BCUT2D eigenvalue weighted by molar-refractivity contribution is 0.532. The fourth-order valence-electron chi connectivity index (χ4n) is 2.98. The van der Waals surface area contributed by atoms with Gasteiger partial charge in [-0.15, -0.1) is 0 Å². The van der Waals surface area contributed by atoms with Crippen molar-refractivity contribution in [1.29, 1.82) is 0 Å². The van der Waals surface area contributed by atoms with Gasteiger partial charge in [-0.3, -0.25) is 0 Å². The maximum atomic E-state index is 3.76. The second-order valence-corrected chi connectivity index (χ2v) is 6.97. The molecule has 1 N–H and O–H groups in total.